The molecule has 58 heavy (non-hydrogen) atoms. The molecule has 0 fully saturated rings. The highest BCUT2D eigenvalue weighted by molar-refractivity contribution is 7.47. The number of phosphoric acid groups is 1. The molecule has 0 aromatic rings. The number of unbranched alkanes of at least 4 members (excludes halogenated alkanes) is 30. The Bertz CT molecular complexity index is 977. The summed E-state index contributed by atoms with van der Waals surface area (Å²) in [5, 5.41) is 18.4. The molecule has 0 heterocycles. The molecule has 11 heteroatoms. The zero-order valence-corrected chi connectivity index (χ0v) is 38.4. The van der Waals surface area contributed by atoms with Crippen LogP contribution in [-0.2, 0) is 32.7 Å². The van der Waals surface area contributed by atoms with Crippen molar-refractivity contribution in [2.75, 3.05) is 26.4 Å². The number of hydrogen-bond acceptors (Lipinski definition) is 9. The third kappa shape index (κ3) is 42.8. The van der Waals surface area contributed by atoms with E-state index < -0.39 is 51.8 Å². The number of phosphoric ester groups is 1. The lowest BCUT2D eigenvalue weighted by Gasteiger charge is -2.20. The van der Waals surface area contributed by atoms with Crippen LogP contribution < -0.4 is 0 Å². The molecule has 0 rings (SSSR count). The second-order valence-corrected chi connectivity index (χ2v) is 17.9. The maximum atomic E-state index is 12.6. The van der Waals surface area contributed by atoms with Gasteiger partial charge in [-0.2, -0.15) is 0 Å². The Labute approximate surface area is 356 Å². The van der Waals surface area contributed by atoms with Gasteiger partial charge in [0, 0.05) is 12.8 Å². The molecule has 10 nitrogen and oxygen atoms in total. The van der Waals surface area contributed by atoms with Gasteiger partial charge < -0.3 is 24.6 Å². The molecular weight excluding hydrogens is 755 g/mol. The zero-order valence-electron chi connectivity index (χ0n) is 37.5. The Balaban J connectivity index is 4.19. The smallest absolute Gasteiger partial charge is 0.462 e. The van der Waals surface area contributed by atoms with Crippen molar-refractivity contribution in [3.63, 3.8) is 0 Å². The van der Waals surface area contributed by atoms with Crippen LogP contribution in [0.5, 0.6) is 0 Å². The van der Waals surface area contributed by atoms with Gasteiger partial charge >= 0.3 is 19.8 Å². The SMILES string of the molecule is CCCCCCCCCCCCC/C=C/CCC(=O)O[C@H](COC(=O)CCCCCCCCCCCCCCCCCCCCCC)COP(=O)(O)OC[C@H](O)CO. The summed E-state index contributed by atoms with van der Waals surface area (Å²) in [5.41, 5.74) is 0. The number of aliphatic hydroxyl groups excluding tert-OH is 2. The molecule has 0 bridgehead atoms. The van der Waals surface area contributed by atoms with Crippen molar-refractivity contribution in [2.24, 2.45) is 0 Å². The van der Waals surface area contributed by atoms with E-state index in [1.807, 2.05) is 6.08 Å². The van der Waals surface area contributed by atoms with Crippen LogP contribution in [-0.4, -0.2) is 65.7 Å². The first-order valence-electron chi connectivity index (χ1n) is 24.1. The van der Waals surface area contributed by atoms with Gasteiger partial charge in [0.2, 0.25) is 0 Å². The van der Waals surface area contributed by atoms with E-state index in [4.69, 9.17) is 23.6 Å². The maximum Gasteiger partial charge on any atom is 0.472 e. The summed E-state index contributed by atoms with van der Waals surface area (Å²) < 4.78 is 32.7. The van der Waals surface area contributed by atoms with Crippen molar-refractivity contribution in [3.05, 3.63) is 12.2 Å². The van der Waals surface area contributed by atoms with Crippen molar-refractivity contribution in [3.8, 4) is 0 Å². The number of esters is 2. The number of hydrogen-bond donors (Lipinski definition) is 3. The minimum absolute atomic E-state index is 0.106. The molecular formula is C47H91O10P. The summed E-state index contributed by atoms with van der Waals surface area (Å²) >= 11 is 0. The summed E-state index contributed by atoms with van der Waals surface area (Å²) in [7, 11) is -4.62. The lowest BCUT2D eigenvalue weighted by atomic mass is 10.0. The summed E-state index contributed by atoms with van der Waals surface area (Å²) in [6.07, 6.45) is 43.4. The molecule has 0 aliphatic heterocycles. The van der Waals surface area contributed by atoms with Crippen molar-refractivity contribution in [1.29, 1.82) is 0 Å². The summed E-state index contributed by atoms with van der Waals surface area (Å²) in [4.78, 5) is 35.0. The van der Waals surface area contributed by atoms with Crippen molar-refractivity contribution >= 4 is 19.8 Å². The van der Waals surface area contributed by atoms with Gasteiger partial charge in [-0.3, -0.25) is 18.6 Å². The van der Waals surface area contributed by atoms with E-state index in [1.165, 1.54) is 167 Å². The van der Waals surface area contributed by atoms with Gasteiger partial charge in [0.25, 0.3) is 0 Å². The van der Waals surface area contributed by atoms with E-state index >= 15 is 0 Å². The zero-order chi connectivity index (χ0) is 42.6. The van der Waals surface area contributed by atoms with Crippen LogP contribution in [0.1, 0.15) is 239 Å². The van der Waals surface area contributed by atoms with Gasteiger partial charge in [-0.15, -0.1) is 0 Å². The first-order valence-corrected chi connectivity index (χ1v) is 25.6. The average Bonchev–Trinajstić information content (AvgIpc) is 3.21. The molecule has 0 spiro atoms. The average molecular weight is 847 g/mol. The first kappa shape index (κ1) is 56.7. The second kappa shape index (κ2) is 43.8. The minimum atomic E-state index is -4.62. The molecule has 0 saturated heterocycles. The molecule has 3 atom stereocenters. The normalized spacial score (nSPS) is 13.8. The Morgan fingerprint density at radius 3 is 1.31 bits per heavy atom. The van der Waals surface area contributed by atoms with E-state index in [1.54, 1.807) is 0 Å². The monoisotopic (exact) mass is 847 g/mol. The van der Waals surface area contributed by atoms with Crippen LogP contribution in [0, 0.1) is 0 Å². The molecule has 0 saturated carbocycles. The van der Waals surface area contributed by atoms with Crippen LogP contribution in [0.2, 0.25) is 0 Å². The third-order valence-electron chi connectivity index (χ3n) is 10.7. The van der Waals surface area contributed by atoms with E-state index in [2.05, 4.69) is 19.9 Å². The predicted molar refractivity (Wildman–Crippen MR) is 238 cm³/mol. The van der Waals surface area contributed by atoms with Gasteiger partial charge in [0.1, 0.15) is 12.7 Å². The summed E-state index contributed by atoms with van der Waals surface area (Å²) in [5.74, 6) is -0.967. The molecule has 344 valence electrons. The largest absolute Gasteiger partial charge is 0.472 e. The number of carbonyl (C=O) groups is 2. The van der Waals surface area contributed by atoms with Gasteiger partial charge in [-0.1, -0.05) is 212 Å². The standard InChI is InChI=1S/C47H91O10P/c1-3-5-7-9-11-13-15-17-19-20-21-22-23-25-26-28-30-32-34-36-38-46(50)54-42-45(43-56-58(52,53)55-41-44(49)40-48)57-47(51)39-37-35-33-31-29-27-24-18-16-14-12-10-8-6-4-2/h33,35,44-45,48-49H,3-32,34,36-43H2,1-2H3,(H,52,53)/b35-33+/t44-,45-/m1/s1. The van der Waals surface area contributed by atoms with Crippen LogP contribution in [0.3, 0.4) is 0 Å². The minimum Gasteiger partial charge on any atom is -0.462 e. The molecule has 0 aliphatic rings. The predicted octanol–water partition coefficient (Wildman–Crippen LogP) is 13.2. The third-order valence-corrected chi connectivity index (χ3v) is 11.6. The maximum absolute atomic E-state index is 12.6. The Morgan fingerprint density at radius 1 is 0.500 bits per heavy atom. The number of carbonyl (C=O) groups excluding carboxylic acids is 2. The molecule has 1 unspecified atom stereocenters. The lowest BCUT2D eigenvalue weighted by Crippen LogP contribution is -2.29. The fourth-order valence-corrected chi connectivity index (χ4v) is 7.74. The fraction of sp³-hybridized carbons (Fsp3) is 0.915. The van der Waals surface area contributed by atoms with Crippen molar-refractivity contribution < 1.29 is 47.8 Å². The fourth-order valence-electron chi connectivity index (χ4n) is 6.95. The van der Waals surface area contributed by atoms with Gasteiger partial charge in [-0.05, 0) is 25.7 Å². The van der Waals surface area contributed by atoms with E-state index in [0.717, 1.165) is 32.1 Å². The lowest BCUT2D eigenvalue weighted by molar-refractivity contribution is -0.161. The molecule has 0 aromatic carbocycles. The topological polar surface area (TPSA) is 149 Å². The number of allylic oxidation sites excluding steroid dienone is 2. The highest BCUT2D eigenvalue weighted by atomic mass is 31.2. The van der Waals surface area contributed by atoms with Crippen molar-refractivity contribution in [2.45, 2.75) is 251 Å². The number of ether oxygens (including phenoxy) is 2. The summed E-state index contributed by atoms with van der Waals surface area (Å²) in [6.45, 7) is 2.39. The van der Waals surface area contributed by atoms with E-state index in [0.29, 0.717) is 12.8 Å². The van der Waals surface area contributed by atoms with Crippen LogP contribution in [0.15, 0.2) is 12.2 Å². The highest BCUT2D eigenvalue weighted by Gasteiger charge is 2.27. The number of aliphatic hydroxyl groups is 2. The first-order chi connectivity index (χ1) is 28.2. The molecule has 3 N–H and O–H groups in total. The van der Waals surface area contributed by atoms with Crippen LogP contribution >= 0.6 is 7.82 Å². The van der Waals surface area contributed by atoms with E-state index in [-0.39, 0.29) is 19.4 Å². The molecule has 0 amide bonds. The van der Waals surface area contributed by atoms with Gasteiger partial charge in [-0.25, -0.2) is 4.57 Å². The highest BCUT2D eigenvalue weighted by Crippen LogP contribution is 2.43. The quantitative estimate of drug-likeness (QED) is 0.0234. The van der Waals surface area contributed by atoms with Gasteiger partial charge in [0.15, 0.2) is 6.10 Å². The molecule has 0 aromatic heterocycles. The van der Waals surface area contributed by atoms with Crippen LogP contribution in [0.25, 0.3) is 0 Å². The van der Waals surface area contributed by atoms with E-state index in [9.17, 15) is 24.2 Å². The Kier molecular flexibility index (Phi) is 42.8. The summed E-state index contributed by atoms with van der Waals surface area (Å²) in [6, 6.07) is 0. The molecule has 0 aliphatic carbocycles. The second-order valence-electron chi connectivity index (χ2n) is 16.5. The van der Waals surface area contributed by atoms with Crippen LogP contribution in [0.4, 0.5) is 0 Å². The Hall–Kier alpha value is -1.29. The molecule has 0 radical (unpaired) electrons. The Morgan fingerprint density at radius 2 is 0.879 bits per heavy atom. The number of rotatable bonds is 46. The van der Waals surface area contributed by atoms with Crippen molar-refractivity contribution in [1.82, 2.24) is 0 Å². The van der Waals surface area contributed by atoms with Gasteiger partial charge in [0.05, 0.1) is 19.8 Å².